The number of anilines is 2. The van der Waals surface area contributed by atoms with E-state index in [1.165, 1.54) is 29.7 Å². The van der Waals surface area contributed by atoms with Crippen molar-refractivity contribution in [3.63, 3.8) is 0 Å². The molecule has 2 heterocycles. The zero-order valence-corrected chi connectivity index (χ0v) is 27.2. The standard InChI is InChI=1S/C29H39F3N6O4S2/c1-17(2)42-27(39)35-20-9-7-19(8-10-20)26-33-18(3)25(43-26)22-12-11-21(15-23(22)44(40,41)37-28(4,5)6)34-24-13-14-38(36-24)16-29(30,31)32/h11-15,17,19-20,37H,7-10,16H2,1-6H3,(H,34,36)(H,35,39)/t19-,20-. The van der Waals surface area contributed by atoms with Crippen molar-refractivity contribution in [1.29, 1.82) is 0 Å². The Kier molecular flexibility index (Phi) is 10.0. The average Bonchev–Trinajstić information content (AvgIpc) is 3.47. The number of aromatic nitrogens is 3. The summed E-state index contributed by atoms with van der Waals surface area (Å²) in [5.41, 5.74) is 0.759. The first-order chi connectivity index (χ1) is 20.4. The number of alkyl halides is 3. The highest BCUT2D eigenvalue weighted by molar-refractivity contribution is 7.89. The van der Waals surface area contributed by atoms with E-state index in [1.54, 1.807) is 46.8 Å². The second-order valence-electron chi connectivity index (χ2n) is 12.3. The molecule has 1 fully saturated rings. The number of aryl methyl sites for hydroxylation is 1. The summed E-state index contributed by atoms with van der Waals surface area (Å²) < 4.78 is 74.3. The molecule has 242 valence electrons. The summed E-state index contributed by atoms with van der Waals surface area (Å²) in [6.07, 6.45) is -0.637. The molecule has 0 bridgehead atoms. The molecule has 0 radical (unpaired) electrons. The molecule has 0 atom stereocenters. The lowest BCUT2D eigenvalue weighted by molar-refractivity contribution is -0.142. The van der Waals surface area contributed by atoms with Gasteiger partial charge in [-0.3, -0.25) is 4.68 Å². The topological polar surface area (TPSA) is 127 Å². The molecule has 1 saturated carbocycles. The lowest BCUT2D eigenvalue weighted by Crippen LogP contribution is -2.40. The van der Waals surface area contributed by atoms with Crippen molar-refractivity contribution in [2.75, 3.05) is 5.32 Å². The number of hydrogen-bond donors (Lipinski definition) is 3. The highest BCUT2D eigenvalue weighted by Crippen LogP contribution is 2.42. The third kappa shape index (κ3) is 9.17. The van der Waals surface area contributed by atoms with Gasteiger partial charge in [0.2, 0.25) is 10.0 Å². The van der Waals surface area contributed by atoms with Crippen LogP contribution < -0.4 is 15.4 Å². The monoisotopic (exact) mass is 656 g/mol. The summed E-state index contributed by atoms with van der Waals surface area (Å²) in [5.74, 6) is 0.320. The van der Waals surface area contributed by atoms with Crippen molar-refractivity contribution in [2.45, 2.75) is 108 Å². The molecule has 3 N–H and O–H groups in total. The number of carbonyl (C=O) groups is 1. The maximum atomic E-state index is 13.7. The van der Waals surface area contributed by atoms with Crippen molar-refractivity contribution < 1.29 is 31.1 Å². The molecule has 1 amide bonds. The second kappa shape index (κ2) is 13.1. The fourth-order valence-electron chi connectivity index (χ4n) is 5.06. The van der Waals surface area contributed by atoms with E-state index in [-0.39, 0.29) is 28.8 Å². The highest BCUT2D eigenvalue weighted by Gasteiger charge is 2.31. The van der Waals surface area contributed by atoms with Gasteiger partial charge in [-0.15, -0.1) is 11.3 Å². The summed E-state index contributed by atoms with van der Waals surface area (Å²) in [7, 11) is -4.03. The van der Waals surface area contributed by atoms with Crippen molar-refractivity contribution in [3.8, 4) is 10.4 Å². The summed E-state index contributed by atoms with van der Waals surface area (Å²) >= 11 is 1.45. The van der Waals surface area contributed by atoms with Gasteiger partial charge >= 0.3 is 12.3 Å². The van der Waals surface area contributed by atoms with Gasteiger partial charge in [-0.25, -0.2) is 22.9 Å². The Morgan fingerprint density at radius 1 is 1.14 bits per heavy atom. The smallest absolute Gasteiger partial charge is 0.408 e. The lowest BCUT2D eigenvalue weighted by atomic mass is 9.86. The summed E-state index contributed by atoms with van der Waals surface area (Å²) in [6, 6.07) is 6.21. The van der Waals surface area contributed by atoms with Gasteiger partial charge in [0.25, 0.3) is 0 Å². The molecule has 4 rings (SSSR count). The molecule has 2 aromatic heterocycles. The van der Waals surface area contributed by atoms with Crippen LogP contribution in [0.3, 0.4) is 0 Å². The van der Waals surface area contributed by atoms with E-state index in [2.05, 4.69) is 20.5 Å². The zero-order valence-electron chi connectivity index (χ0n) is 25.6. The number of alkyl carbamates (subject to hydrolysis) is 1. The first kappa shape index (κ1) is 33.7. The third-order valence-corrected chi connectivity index (χ3v) is 9.92. The second-order valence-corrected chi connectivity index (χ2v) is 15.0. The molecule has 0 saturated heterocycles. The fraction of sp³-hybridized carbons (Fsp3) is 0.552. The first-order valence-electron chi connectivity index (χ1n) is 14.4. The number of carbonyl (C=O) groups excluding carboxylic acids is 1. The van der Waals surface area contributed by atoms with Gasteiger partial charge in [0.1, 0.15) is 6.54 Å². The zero-order chi connectivity index (χ0) is 32.4. The number of rotatable bonds is 9. The average molecular weight is 657 g/mol. The van der Waals surface area contributed by atoms with Crippen LogP contribution in [-0.4, -0.2) is 53.1 Å². The maximum absolute atomic E-state index is 13.7. The molecule has 44 heavy (non-hydrogen) atoms. The summed E-state index contributed by atoms with van der Waals surface area (Å²) in [6.45, 7) is 9.43. The van der Waals surface area contributed by atoms with Crippen molar-refractivity contribution in [3.05, 3.63) is 41.2 Å². The van der Waals surface area contributed by atoms with Gasteiger partial charge in [-0.05, 0) is 79.4 Å². The van der Waals surface area contributed by atoms with Crippen LogP contribution in [0.25, 0.3) is 10.4 Å². The molecule has 15 heteroatoms. The van der Waals surface area contributed by atoms with Crippen molar-refractivity contribution in [1.82, 2.24) is 24.8 Å². The predicted octanol–water partition coefficient (Wildman–Crippen LogP) is 6.86. The van der Waals surface area contributed by atoms with E-state index in [4.69, 9.17) is 9.72 Å². The molecule has 1 aliphatic rings. The van der Waals surface area contributed by atoms with Gasteiger partial charge in [-0.1, -0.05) is 6.07 Å². The van der Waals surface area contributed by atoms with E-state index >= 15 is 0 Å². The molecular weight excluding hydrogens is 617 g/mol. The number of ether oxygens (including phenoxy) is 1. The number of thiazole rings is 1. The minimum Gasteiger partial charge on any atom is -0.447 e. The Morgan fingerprint density at radius 2 is 1.82 bits per heavy atom. The Labute approximate surface area is 259 Å². The molecule has 3 aromatic rings. The van der Waals surface area contributed by atoms with Gasteiger partial charge < -0.3 is 15.4 Å². The van der Waals surface area contributed by atoms with E-state index in [0.717, 1.165) is 40.2 Å². The largest absolute Gasteiger partial charge is 0.447 e. The van der Waals surface area contributed by atoms with E-state index in [0.29, 0.717) is 16.9 Å². The third-order valence-electron chi connectivity index (χ3n) is 6.76. The number of benzene rings is 1. The number of amides is 1. The van der Waals surface area contributed by atoms with E-state index < -0.39 is 34.4 Å². The SMILES string of the molecule is Cc1nc([C@H]2CC[C@H](NC(=O)OC(C)C)CC2)sc1-c1ccc(Nc2ccn(CC(F)(F)F)n2)cc1S(=O)(=O)NC(C)(C)C. The number of halogens is 3. The molecule has 0 unspecified atom stereocenters. The molecule has 0 spiro atoms. The van der Waals surface area contributed by atoms with Gasteiger partial charge in [0, 0.05) is 41.0 Å². The Hall–Kier alpha value is -3.17. The minimum absolute atomic E-state index is 0.0158. The van der Waals surface area contributed by atoms with Crippen LogP contribution in [0.1, 0.15) is 76.9 Å². The Balaban J connectivity index is 1.59. The predicted molar refractivity (Wildman–Crippen MR) is 164 cm³/mol. The Bertz CT molecular complexity index is 1570. The maximum Gasteiger partial charge on any atom is 0.408 e. The lowest BCUT2D eigenvalue weighted by Gasteiger charge is -2.28. The van der Waals surface area contributed by atoms with E-state index in [1.807, 2.05) is 6.92 Å². The van der Waals surface area contributed by atoms with Gasteiger partial charge in [0.15, 0.2) is 5.82 Å². The fourth-order valence-corrected chi connectivity index (χ4v) is 8.06. The first-order valence-corrected chi connectivity index (χ1v) is 16.7. The van der Waals surface area contributed by atoms with Crippen LogP contribution in [0, 0.1) is 6.92 Å². The van der Waals surface area contributed by atoms with Crippen LogP contribution in [0.4, 0.5) is 29.5 Å². The number of nitrogens with zero attached hydrogens (tertiary/aromatic N) is 3. The van der Waals surface area contributed by atoms with Crippen LogP contribution in [0.5, 0.6) is 0 Å². The highest BCUT2D eigenvalue weighted by atomic mass is 32.2. The minimum atomic E-state index is -4.42. The molecular formula is C29H39F3N6O4S2. The van der Waals surface area contributed by atoms with Gasteiger partial charge in [0.05, 0.1) is 26.6 Å². The van der Waals surface area contributed by atoms with Crippen LogP contribution >= 0.6 is 11.3 Å². The summed E-state index contributed by atoms with van der Waals surface area (Å²) in [5, 5.41) is 10.7. The molecule has 0 aliphatic heterocycles. The van der Waals surface area contributed by atoms with Crippen molar-refractivity contribution >= 4 is 39.0 Å². The van der Waals surface area contributed by atoms with Crippen molar-refractivity contribution in [2.24, 2.45) is 0 Å². The van der Waals surface area contributed by atoms with E-state index in [9.17, 15) is 26.4 Å². The summed E-state index contributed by atoms with van der Waals surface area (Å²) in [4.78, 5) is 17.6. The number of nitrogens with one attached hydrogen (secondary N) is 3. The number of hydrogen-bond acceptors (Lipinski definition) is 8. The van der Waals surface area contributed by atoms with Gasteiger partial charge in [-0.2, -0.15) is 18.3 Å². The quantitative estimate of drug-likeness (QED) is 0.230. The van der Waals surface area contributed by atoms with Crippen LogP contribution in [-0.2, 0) is 21.3 Å². The van der Waals surface area contributed by atoms with Crippen LogP contribution in [0.2, 0.25) is 0 Å². The normalized spacial score (nSPS) is 18.0. The molecule has 10 nitrogen and oxygen atoms in total. The molecule has 1 aliphatic carbocycles. The Morgan fingerprint density at radius 3 is 2.43 bits per heavy atom. The molecule has 1 aromatic carbocycles. The van der Waals surface area contributed by atoms with Crippen LogP contribution in [0.15, 0.2) is 35.4 Å². The number of sulfonamides is 1.